The fraction of sp³-hybridized carbons (Fsp3) is 0.136. The SMILES string of the molecule is Cc1ccnc(NC(=O)[C@H](CC(=O)c2ccccc2)c2ccccc2)c1. The van der Waals surface area contributed by atoms with Crippen molar-refractivity contribution in [3.8, 4) is 0 Å². The van der Waals surface area contributed by atoms with Gasteiger partial charge in [0.2, 0.25) is 5.91 Å². The number of nitrogens with one attached hydrogen (secondary N) is 1. The topological polar surface area (TPSA) is 59.1 Å². The molecule has 0 aliphatic rings. The first-order chi connectivity index (χ1) is 12.6. The Hall–Kier alpha value is -3.27. The highest BCUT2D eigenvalue weighted by Crippen LogP contribution is 2.24. The van der Waals surface area contributed by atoms with Gasteiger partial charge in [0.1, 0.15) is 5.82 Å². The molecule has 1 aromatic heterocycles. The van der Waals surface area contributed by atoms with Crippen LogP contribution in [0.2, 0.25) is 0 Å². The fourth-order valence-corrected chi connectivity index (χ4v) is 2.79. The number of pyridine rings is 1. The Balaban J connectivity index is 1.84. The molecule has 1 amide bonds. The van der Waals surface area contributed by atoms with Gasteiger partial charge in [-0.1, -0.05) is 60.7 Å². The molecule has 0 aliphatic carbocycles. The molecule has 0 aliphatic heterocycles. The maximum atomic E-state index is 12.9. The monoisotopic (exact) mass is 344 g/mol. The molecule has 0 radical (unpaired) electrons. The molecule has 1 heterocycles. The number of nitrogens with zero attached hydrogens (tertiary/aromatic N) is 1. The van der Waals surface area contributed by atoms with Crippen molar-refractivity contribution in [1.82, 2.24) is 4.98 Å². The second-order valence-corrected chi connectivity index (χ2v) is 6.16. The van der Waals surface area contributed by atoms with E-state index in [-0.39, 0.29) is 18.1 Å². The smallest absolute Gasteiger partial charge is 0.233 e. The summed E-state index contributed by atoms with van der Waals surface area (Å²) >= 11 is 0. The van der Waals surface area contributed by atoms with Crippen LogP contribution in [0.25, 0.3) is 0 Å². The number of carbonyl (C=O) groups excluding carboxylic acids is 2. The molecule has 0 fully saturated rings. The van der Waals surface area contributed by atoms with Crippen molar-refractivity contribution in [3.63, 3.8) is 0 Å². The van der Waals surface area contributed by atoms with E-state index in [1.165, 1.54) is 0 Å². The number of aryl methyl sites for hydroxylation is 1. The summed E-state index contributed by atoms with van der Waals surface area (Å²) in [6, 6.07) is 22.1. The minimum Gasteiger partial charge on any atom is -0.310 e. The molecule has 3 aromatic rings. The first kappa shape index (κ1) is 17.5. The van der Waals surface area contributed by atoms with Gasteiger partial charge in [-0.15, -0.1) is 0 Å². The Kier molecular flexibility index (Phi) is 5.54. The highest BCUT2D eigenvalue weighted by atomic mass is 16.2. The van der Waals surface area contributed by atoms with Crippen LogP contribution >= 0.6 is 0 Å². The standard InChI is InChI=1S/C22H20N2O2/c1-16-12-13-23-21(14-16)24-22(26)19(17-8-4-2-5-9-17)15-20(25)18-10-6-3-7-11-18/h2-14,19H,15H2,1H3,(H,23,24,26)/t19-/m1/s1. The molecule has 1 atom stereocenters. The Morgan fingerprint density at radius 1 is 0.962 bits per heavy atom. The zero-order chi connectivity index (χ0) is 18.4. The van der Waals surface area contributed by atoms with Crippen molar-refractivity contribution in [3.05, 3.63) is 95.7 Å². The Labute approximate surface area is 152 Å². The number of hydrogen-bond donors (Lipinski definition) is 1. The first-order valence-electron chi connectivity index (χ1n) is 8.50. The second-order valence-electron chi connectivity index (χ2n) is 6.16. The van der Waals surface area contributed by atoms with Crippen molar-refractivity contribution in [2.75, 3.05) is 5.32 Å². The summed E-state index contributed by atoms with van der Waals surface area (Å²) < 4.78 is 0. The van der Waals surface area contributed by atoms with Crippen LogP contribution < -0.4 is 5.32 Å². The van der Waals surface area contributed by atoms with Crippen LogP contribution in [-0.2, 0) is 4.79 Å². The third-order valence-electron chi connectivity index (χ3n) is 4.17. The lowest BCUT2D eigenvalue weighted by Gasteiger charge is -2.16. The lowest BCUT2D eigenvalue weighted by molar-refractivity contribution is -0.117. The molecule has 4 nitrogen and oxygen atoms in total. The van der Waals surface area contributed by atoms with E-state index in [1.54, 1.807) is 24.4 Å². The quantitative estimate of drug-likeness (QED) is 0.675. The van der Waals surface area contributed by atoms with Crippen LogP contribution in [0.3, 0.4) is 0 Å². The summed E-state index contributed by atoms with van der Waals surface area (Å²) in [7, 11) is 0. The van der Waals surface area contributed by atoms with Gasteiger partial charge in [0.25, 0.3) is 0 Å². The highest BCUT2D eigenvalue weighted by Gasteiger charge is 2.24. The van der Waals surface area contributed by atoms with E-state index in [0.717, 1.165) is 11.1 Å². The van der Waals surface area contributed by atoms with Gasteiger partial charge in [-0.05, 0) is 30.2 Å². The minimum absolute atomic E-state index is 0.0631. The minimum atomic E-state index is -0.578. The Morgan fingerprint density at radius 3 is 2.27 bits per heavy atom. The van der Waals surface area contributed by atoms with E-state index < -0.39 is 5.92 Å². The van der Waals surface area contributed by atoms with Gasteiger partial charge in [0.05, 0.1) is 5.92 Å². The van der Waals surface area contributed by atoms with Crippen LogP contribution in [-0.4, -0.2) is 16.7 Å². The van der Waals surface area contributed by atoms with Gasteiger partial charge >= 0.3 is 0 Å². The first-order valence-corrected chi connectivity index (χ1v) is 8.50. The predicted octanol–water partition coefficient (Wildman–Crippen LogP) is 4.39. The summed E-state index contributed by atoms with van der Waals surface area (Å²) in [4.78, 5) is 29.7. The second kappa shape index (κ2) is 8.21. The number of Topliss-reactive ketones (excluding diaryl/α,β-unsaturated/α-hetero) is 1. The van der Waals surface area contributed by atoms with E-state index in [4.69, 9.17) is 0 Å². The molecule has 0 bridgehead atoms. The lowest BCUT2D eigenvalue weighted by atomic mass is 9.90. The van der Waals surface area contributed by atoms with Crippen molar-refractivity contribution in [1.29, 1.82) is 0 Å². The summed E-state index contributed by atoms with van der Waals surface area (Å²) in [5.74, 6) is -0.389. The molecule has 26 heavy (non-hydrogen) atoms. The van der Waals surface area contributed by atoms with E-state index in [9.17, 15) is 9.59 Å². The zero-order valence-corrected chi connectivity index (χ0v) is 14.6. The molecule has 2 aromatic carbocycles. The van der Waals surface area contributed by atoms with E-state index in [0.29, 0.717) is 11.4 Å². The maximum absolute atomic E-state index is 12.9. The predicted molar refractivity (Wildman–Crippen MR) is 102 cm³/mol. The molecule has 0 saturated heterocycles. The molecule has 130 valence electrons. The summed E-state index contributed by atoms with van der Waals surface area (Å²) in [6.45, 7) is 1.94. The number of rotatable bonds is 6. The molecule has 4 heteroatoms. The van der Waals surface area contributed by atoms with Crippen molar-refractivity contribution in [2.24, 2.45) is 0 Å². The number of benzene rings is 2. The number of aromatic nitrogens is 1. The molecular formula is C22H20N2O2. The van der Waals surface area contributed by atoms with E-state index >= 15 is 0 Å². The number of amides is 1. The largest absolute Gasteiger partial charge is 0.310 e. The lowest BCUT2D eigenvalue weighted by Crippen LogP contribution is -2.24. The van der Waals surface area contributed by atoms with Crippen molar-refractivity contribution >= 4 is 17.5 Å². The average Bonchev–Trinajstić information content (AvgIpc) is 2.67. The van der Waals surface area contributed by atoms with E-state index in [1.807, 2.05) is 61.5 Å². The van der Waals surface area contributed by atoms with Gasteiger partial charge < -0.3 is 5.32 Å². The van der Waals surface area contributed by atoms with Crippen LogP contribution in [0.5, 0.6) is 0 Å². The Morgan fingerprint density at radius 2 is 1.62 bits per heavy atom. The molecule has 1 N–H and O–H groups in total. The van der Waals surface area contributed by atoms with Gasteiger partial charge in [-0.2, -0.15) is 0 Å². The number of ketones is 1. The van der Waals surface area contributed by atoms with Crippen LogP contribution in [0, 0.1) is 6.92 Å². The van der Waals surface area contributed by atoms with Crippen LogP contribution in [0.1, 0.15) is 33.8 Å². The molecule has 3 rings (SSSR count). The highest BCUT2D eigenvalue weighted by molar-refractivity contribution is 6.03. The number of carbonyl (C=O) groups is 2. The van der Waals surface area contributed by atoms with Crippen molar-refractivity contribution in [2.45, 2.75) is 19.3 Å². The zero-order valence-electron chi connectivity index (χ0n) is 14.6. The number of hydrogen-bond acceptors (Lipinski definition) is 3. The Bertz CT molecular complexity index is 892. The van der Waals surface area contributed by atoms with Gasteiger partial charge in [0.15, 0.2) is 5.78 Å². The van der Waals surface area contributed by atoms with Crippen LogP contribution in [0.4, 0.5) is 5.82 Å². The van der Waals surface area contributed by atoms with Gasteiger partial charge in [0, 0.05) is 18.2 Å². The third-order valence-corrected chi connectivity index (χ3v) is 4.17. The summed E-state index contributed by atoms with van der Waals surface area (Å²) in [5, 5.41) is 2.84. The van der Waals surface area contributed by atoms with Crippen LogP contribution in [0.15, 0.2) is 79.0 Å². The molecule has 0 unspecified atom stereocenters. The van der Waals surface area contributed by atoms with Gasteiger partial charge in [-0.25, -0.2) is 4.98 Å². The van der Waals surface area contributed by atoms with Gasteiger partial charge in [-0.3, -0.25) is 9.59 Å². The average molecular weight is 344 g/mol. The summed E-state index contributed by atoms with van der Waals surface area (Å²) in [6.07, 6.45) is 1.75. The molecule has 0 saturated carbocycles. The fourth-order valence-electron chi connectivity index (χ4n) is 2.79. The third kappa shape index (κ3) is 4.42. The van der Waals surface area contributed by atoms with Crippen molar-refractivity contribution < 1.29 is 9.59 Å². The van der Waals surface area contributed by atoms with E-state index in [2.05, 4.69) is 10.3 Å². The molecular weight excluding hydrogens is 324 g/mol. The summed E-state index contributed by atoms with van der Waals surface area (Å²) in [5.41, 5.74) is 2.42. The molecule has 0 spiro atoms. The number of anilines is 1. The normalized spacial score (nSPS) is 11.6. The maximum Gasteiger partial charge on any atom is 0.233 e.